The zero-order valence-electron chi connectivity index (χ0n) is 14.8. The van der Waals surface area contributed by atoms with Gasteiger partial charge in [0.05, 0.1) is 5.88 Å². The zero-order chi connectivity index (χ0) is 19.4. The number of ether oxygens (including phenoxy) is 1. The molecule has 1 atom stereocenters. The van der Waals surface area contributed by atoms with Crippen molar-refractivity contribution < 1.29 is 24.2 Å². The molecule has 0 aromatic heterocycles. The van der Waals surface area contributed by atoms with Crippen molar-refractivity contribution in [3.05, 3.63) is 36.4 Å². The third kappa shape index (κ3) is 4.16. The fourth-order valence-corrected chi connectivity index (χ4v) is 4.15. The average molecular weight is 388 g/mol. The van der Waals surface area contributed by atoms with Gasteiger partial charge in [0.25, 0.3) is 0 Å². The van der Waals surface area contributed by atoms with Crippen LogP contribution in [0.3, 0.4) is 0 Å². The lowest BCUT2D eigenvalue weighted by Crippen LogP contribution is -2.44. The lowest BCUT2D eigenvalue weighted by atomic mass is 10.1. The van der Waals surface area contributed by atoms with Crippen LogP contribution >= 0.6 is 11.8 Å². The molecule has 1 saturated heterocycles. The third-order valence-electron chi connectivity index (χ3n) is 4.30. The van der Waals surface area contributed by atoms with Crippen LogP contribution in [0.15, 0.2) is 36.4 Å². The maximum atomic E-state index is 12.8. The summed E-state index contributed by atoms with van der Waals surface area (Å²) in [6.45, 7) is 1.34. The Balaban J connectivity index is 1.85. The maximum absolute atomic E-state index is 12.8. The molecule has 2 amide bonds. The highest BCUT2D eigenvalue weighted by atomic mass is 32.2. The van der Waals surface area contributed by atoms with Gasteiger partial charge in [-0.05, 0) is 12.1 Å². The molecule has 0 bridgehead atoms. The van der Waals surface area contributed by atoms with Crippen LogP contribution in [-0.2, 0) is 14.4 Å². The lowest BCUT2D eigenvalue weighted by Gasteiger charge is -2.23. The van der Waals surface area contributed by atoms with E-state index in [1.807, 2.05) is 18.2 Å². The molecule has 0 radical (unpaired) electrons. The largest absolute Gasteiger partial charge is 0.481 e. The normalized spacial score (nSPS) is 16.3. The number of hydrogen-bond acceptors (Lipinski definition) is 5. The first-order chi connectivity index (χ1) is 13.0. The topological polar surface area (TPSA) is 95.9 Å². The number of carboxylic acids is 1. The molecule has 142 valence electrons. The Hall–Kier alpha value is -2.74. The number of nitrogens with zero attached hydrogens (tertiary/aromatic N) is 1. The predicted molar refractivity (Wildman–Crippen MR) is 104 cm³/mol. The Bertz CT molecular complexity index is 886. The minimum atomic E-state index is -1.06. The van der Waals surface area contributed by atoms with E-state index < -0.39 is 18.6 Å². The van der Waals surface area contributed by atoms with E-state index in [0.29, 0.717) is 34.9 Å². The summed E-state index contributed by atoms with van der Waals surface area (Å²) in [5.41, 5.74) is 0.596. The minimum Gasteiger partial charge on any atom is -0.481 e. The van der Waals surface area contributed by atoms with Gasteiger partial charge in [0, 0.05) is 28.6 Å². The molecule has 8 heteroatoms. The number of carboxylic acid groups (broad SMARTS) is 1. The minimum absolute atomic E-state index is 0.0394. The van der Waals surface area contributed by atoms with Gasteiger partial charge in [-0.1, -0.05) is 31.2 Å². The Morgan fingerprint density at radius 2 is 1.96 bits per heavy atom. The van der Waals surface area contributed by atoms with E-state index in [4.69, 9.17) is 9.84 Å². The van der Waals surface area contributed by atoms with E-state index in [-0.39, 0.29) is 11.8 Å². The van der Waals surface area contributed by atoms with E-state index in [2.05, 4.69) is 5.32 Å². The summed E-state index contributed by atoms with van der Waals surface area (Å²) in [4.78, 5) is 37.2. The van der Waals surface area contributed by atoms with Crippen molar-refractivity contribution >= 4 is 46.0 Å². The van der Waals surface area contributed by atoms with Gasteiger partial charge in [-0.2, -0.15) is 0 Å². The van der Waals surface area contributed by atoms with Crippen LogP contribution in [0.25, 0.3) is 10.8 Å². The molecule has 2 aromatic rings. The van der Waals surface area contributed by atoms with Crippen LogP contribution in [-0.4, -0.2) is 52.1 Å². The summed E-state index contributed by atoms with van der Waals surface area (Å²) in [6, 6.07) is 10.1. The average Bonchev–Trinajstić information content (AvgIpc) is 3.16. The number of nitrogens with one attached hydrogen (secondary N) is 1. The number of aliphatic carboxylic acids is 1. The van der Waals surface area contributed by atoms with E-state index in [1.165, 1.54) is 0 Å². The number of carbonyl (C=O) groups is 3. The highest BCUT2D eigenvalue weighted by Gasteiger charge is 2.34. The molecular formula is C19H20N2O5S. The highest BCUT2D eigenvalue weighted by molar-refractivity contribution is 7.99. The van der Waals surface area contributed by atoms with Gasteiger partial charge in [-0.25, -0.2) is 4.79 Å². The molecular weight excluding hydrogens is 368 g/mol. The van der Waals surface area contributed by atoms with Crippen LogP contribution in [0.5, 0.6) is 5.75 Å². The molecule has 2 aromatic carbocycles. The van der Waals surface area contributed by atoms with Gasteiger partial charge in [0.2, 0.25) is 11.8 Å². The number of carbonyl (C=O) groups excluding carboxylic acids is 2. The van der Waals surface area contributed by atoms with Gasteiger partial charge in [-0.15, -0.1) is 11.8 Å². The molecule has 0 spiro atoms. The number of rotatable bonds is 6. The molecule has 27 heavy (non-hydrogen) atoms. The van der Waals surface area contributed by atoms with Crippen molar-refractivity contribution in [2.75, 3.05) is 23.6 Å². The third-order valence-corrected chi connectivity index (χ3v) is 5.31. The first-order valence-corrected chi connectivity index (χ1v) is 9.71. The molecule has 1 unspecified atom stereocenters. The van der Waals surface area contributed by atoms with Crippen LogP contribution in [0, 0.1) is 0 Å². The van der Waals surface area contributed by atoms with Gasteiger partial charge in [0.15, 0.2) is 6.61 Å². The Labute approximate surface area is 160 Å². The molecule has 2 N–H and O–H groups in total. The van der Waals surface area contributed by atoms with Crippen molar-refractivity contribution in [3.8, 4) is 5.75 Å². The molecule has 1 aliphatic heterocycles. The maximum Gasteiger partial charge on any atom is 0.341 e. The molecule has 7 nitrogen and oxygen atoms in total. The van der Waals surface area contributed by atoms with Gasteiger partial charge < -0.3 is 20.1 Å². The second-order valence-electron chi connectivity index (χ2n) is 6.06. The van der Waals surface area contributed by atoms with E-state index in [1.54, 1.807) is 41.8 Å². The first kappa shape index (κ1) is 19.0. The number of benzene rings is 2. The number of fused-ring (bicyclic) bond motifs is 1. The summed E-state index contributed by atoms with van der Waals surface area (Å²) in [5.74, 6) is 0.192. The monoisotopic (exact) mass is 388 g/mol. The van der Waals surface area contributed by atoms with E-state index in [9.17, 15) is 14.4 Å². The van der Waals surface area contributed by atoms with Crippen molar-refractivity contribution in [1.29, 1.82) is 0 Å². The number of thioether (sulfide) groups is 1. The smallest absolute Gasteiger partial charge is 0.341 e. The summed E-state index contributed by atoms with van der Waals surface area (Å²) in [5, 5.41) is 13.2. The van der Waals surface area contributed by atoms with Crippen LogP contribution in [0.4, 0.5) is 5.69 Å². The van der Waals surface area contributed by atoms with E-state index >= 15 is 0 Å². The van der Waals surface area contributed by atoms with Crippen molar-refractivity contribution in [2.24, 2.45) is 0 Å². The quantitative estimate of drug-likeness (QED) is 0.790. The lowest BCUT2D eigenvalue weighted by molar-refractivity contribution is -0.139. The molecule has 1 heterocycles. The first-order valence-electron chi connectivity index (χ1n) is 8.55. The fraction of sp³-hybridized carbons (Fsp3) is 0.316. The van der Waals surface area contributed by atoms with Gasteiger partial charge in [-0.3, -0.25) is 9.59 Å². The van der Waals surface area contributed by atoms with Crippen molar-refractivity contribution in [2.45, 2.75) is 19.4 Å². The Kier molecular flexibility index (Phi) is 5.85. The fourth-order valence-electron chi connectivity index (χ4n) is 2.97. The molecule has 3 rings (SSSR count). The zero-order valence-corrected chi connectivity index (χ0v) is 15.6. The van der Waals surface area contributed by atoms with Gasteiger partial charge in [0.1, 0.15) is 11.8 Å². The summed E-state index contributed by atoms with van der Waals surface area (Å²) in [7, 11) is 0. The Morgan fingerprint density at radius 3 is 2.67 bits per heavy atom. The summed E-state index contributed by atoms with van der Waals surface area (Å²) >= 11 is 1.56. The predicted octanol–water partition coefficient (Wildman–Crippen LogP) is 2.55. The number of hydrogen-bond donors (Lipinski definition) is 2. The van der Waals surface area contributed by atoms with E-state index in [0.717, 1.165) is 5.39 Å². The Morgan fingerprint density at radius 1 is 1.22 bits per heavy atom. The highest BCUT2D eigenvalue weighted by Crippen LogP contribution is 2.32. The van der Waals surface area contributed by atoms with Crippen molar-refractivity contribution in [3.63, 3.8) is 0 Å². The van der Waals surface area contributed by atoms with Crippen molar-refractivity contribution in [1.82, 2.24) is 4.90 Å². The summed E-state index contributed by atoms with van der Waals surface area (Å²) in [6.07, 6.45) is 0.364. The van der Waals surface area contributed by atoms with Crippen LogP contribution in [0.1, 0.15) is 13.3 Å². The molecule has 0 aliphatic carbocycles. The number of anilines is 1. The second-order valence-corrected chi connectivity index (χ2v) is 7.06. The second kappa shape index (κ2) is 8.30. The molecule has 0 saturated carbocycles. The molecule has 1 fully saturated rings. The number of amides is 2. The van der Waals surface area contributed by atoms with Crippen LogP contribution < -0.4 is 10.1 Å². The molecule has 1 aliphatic rings. The van der Waals surface area contributed by atoms with Gasteiger partial charge >= 0.3 is 5.97 Å². The summed E-state index contributed by atoms with van der Waals surface area (Å²) < 4.78 is 5.34. The van der Waals surface area contributed by atoms with Crippen LogP contribution in [0.2, 0.25) is 0 Å². The SMILES string of the molecule is CCC(=O)N1CSCC1C(=O)Nc1ccc(OCC(=O)O)c2ccccc12. The standard InChI is InChI=1S/C19H20N2O5S/c1-2-17(22)21-11-27-10-15(21)19(25)20-14-7-8-16(26-9-18(23)24)13-6-4-3-5-12(13)14/h3-8,15H,2,9-11H2,1H3,(H,20,25)(H,23,24).